The molecule has 1 aromatic carbocycles. The summed E-state index contributed by atoms with van der Waals surface area (Å²) < 4.78 is 0. The van der Waals surface area contributed by atoms with Crippen LogP contribution >= 0.6 is 11.3 Å². The first-order valence-electron chi connectivity index (χ1n) is 8.81. The normalized spacial score (nSPS) is 15.5. The zero-order valence-electron chi connectivity index (χ0n) is 15.2. The van der Waals surface area contributed by atoms with E-state index in [9.17, 15) is 9.59 Å². The Bertz CT molecular complexity index is 789. The lowest BCUT2D eigenvalue weighted by Gasteiger charge is -2.21. The molecule has 26 heavy (non-hydrogen) atoms. The lowest BCUT2D eigenvalue weighted by Crippen LogP contribution is -2.36. The van der Waals surface area contributed by atoms with Crippen LogP contribution in [0.15, 0.2) is 29.6 Å². The molecule has 138 valence electrons. The molecule has 6 nitrogen and oxygen atoms in total. The summed E-state index contributed by atoms with van der Waals surface area (Å²) in [6.45, 7) is 7.45. The summed E-state index contributed by atoms with van der Waals surface area (Å²) in [5, 5.41) is 6.03. The molecule has 3 rings (SSSR count). The number of hydrogen-bond donors (Lipinski definition) is 1. The molecule has 0 atom stereocenters. The maximum atomic E-state index is 12.4. The van der Waals surface area contributed by atoms with Crippen molar-refractivity contribution < 1.29 is 9.59 Å². The molecule has 7 heteroatoms. The minimum atomic E-state index is -0.0516. The SMILES string of the molecule is CC(=O)c1cccc(NC(=O)CN2CCCN(c3nc(C)cs3)CC2)c1. The van der Waals surface area contributed by atoms with Gasteiger partial charge in [-0.2, -0.15) is 0 Å². The Balaban J connectivity index is 1.53. The Labute approximate surface area is 157 Å². The number of nitrogens with one attached hydrogen (secondary N) is 1. The van der Waals surface area contributed by atoms with Gasteiger partial charge >= 0.3 is 0 Å². The van der Waals surface area contributed by atoms with Crippen LogP contribution in [0.4, 0.5) is 10.8 Å². The van der Waals surface area contributed by atoms with Gasteiger partial charge in [-0.3, -0.25) is 14.5 Å². The van der Waals surface area contributed by atoms with Crippen molar-refractivity contribution in [3.05, 3.63) is 40.9 Å². The zero-order chi connectivity index (χ0) is 18.5. The van der Waals surface area contributed by atoms with Gasteiger partial charge in [0.2, 0.25) is 5.91 Å². The summed E-state index contributed by atoms with van der Waals surface area (Å²) in [6.07, 6.45) is 1.01. The number of amides is 1. The summed E-state index contributed by atoms with van der Waals surface area (Å²) in [6, 6.07) is 7.06. The average molecular weight is 372 g/mol. The number of rotatable bonds is 5. The van der Waals surface area contributed by atoms with Crippen LogP contribution < -0.4 is 10.2 Å². The number of nitrogens with zero attached hydrogens (tertiary/aromatic N) is 3. The van der Waals surface area contributed by atoms with Crippen molar-refractivity contribution in [3.63, 3.8) is 0 Å². The van der Waals surface area contributed by atoms with Crippen LogP contribution in [0, 0.1) is 6.92 Å². The Morgan fingerprint density at radius 3 is 2.81 bits per heavy atom. The van der Waals surface area contributed by atoms with E-state index in [0.29, 0.717) is 17.8 Å². The van der Waals surface area contributed by atoms with Gasteiger partial charge in [0.05, 0.1) is 12.2 Å². The lowest BCUT2D eigenvalue weighted by atomic mass is 10.1. The smallest absolute Gasteiger partial charge is 0.238 e. The average Bonchev–Trinajstić information content (AvgIpc) is 2.90. The molecule has 2 heterocycles. The van der Waals surface area contributed by atoms with Crippen LogP contribution in [0.3, 0.4) is 0 Å². The molecular weight excluding hydrogens is 348 g/mol. The fraction of sp³-hybridized carbons (Fsp3) is 0.421. The van der Waals surface area contributed by atoms with E-state index < -0.39 is 0 Å². The lowest BCUT2D eigenvalue weighted by molar-refractivity contribution is -0.117. The van der Waals surface area contributed by atoms with E-state index in [1.165, 1.54) is 6.92 Å². The molecule has 2 aromatic rings. The maximum absolute atomic E-state index is 12.4. The molecule has 1 aliphatic heterocycles. The third-order valence-electron chi connectivity index (χ3n) is 4.39. The Kier molecular flexibility index (Phi) is 6.00. The number of hydrogen-bond acceptors (Lipinski definition) is 6. The molecule has 0 saturated carbocycles. The molecule has 0 radical (unpaired) electrons. The van der Waals surface area contributed by atoms with Gasteiger partial charge < -0.3 is 10.2 Å². The van der Waals surface area contributed by atoms with E-state index in [4.69, 9.17) is 0 Å². The van der Waals surface area contributed by atoms with Crippen LogP contribution in [-0.4, -0.2) is 54.3 Å². The van der Waals surface area contributed by atoms with Crippen LogP contribution in [0.5, 0.6) is 0 Å². The molecule has 1 aliphatic rings. The van der Waals surface area contributed by atoms with Crippen molar-refractivity contribution in [3.8, 4) is 0 Å². The molecule has 0 unspecified atom stereocenters. The second-order valence-corrected chi connectivity index (χ2v) is 7.41. The van der Waals surface area contributed by atoms with Gasteiger partial charge in [-0.25, -0.2) is 4.98 Å². The summed E-state index contributed by atoms with van der Waals surface area (Å²) in [7, 11) is 0. The first kappa shape index (κ1) is 18.5. The highest BCUT2D eigenvalue weighted by atomic mass is 32.1. The van der Waals surface area contributed by atoms with E-state index in [-0.39, 0.29) is 11.7 Å². The zero-order valence-corrected chi connectivity index (χ0v) is 16.0. The fourth-order valence-corrected chi connectivity index (χ4v) is 3.88. The molecule has 0 bridgehead atoms. The second kappa shape index (κ2) is 8.42. The Hall–Kier alpha value is -2.25. The third kappa shape index (κ3) is 4.89. The van der Waals surface area contributed by atoms with Gasteiger partial charge in [0.15, 0.2) is 10.9 Å². The number of carbonyl (C=O) groups excluding carboxylic acids is 2. The highest BCUT2D eigenvalue weighted by Crippen LogP contribution is 2.21. The molecular formula is C19H24N4O2S. The predicted molar refractivity (Wildman–Crippen MR) is 105 cm³/mol. The number of thiazole rings is 1. The Morgan fingerprint density at radius 1 is 1.23 bits per heavy atom. The monoisotopic (exact) mass is 372 g/mol. The molecule has 0 aliphatic carbocycles. The first-order chi connectivity index (χ1) is 12.5. The number of anilines is 2. The van der Waals surface area contributed by atoms with Gasteiger partial charge in [0, 0.05) is 42.8 Å². The molecule has 1 aromatic heterocycles. The van der Waals surface area contributed by atoms with Crippen molar-refractivity contribution in [2.45, 2.75) is 20.3 Å². The predicted octanol–water partition coefficient (Wildman–Crippen LogP) is 2.80. The largest absolute Gasteiger partial charge is 0.347 e. The number of Topliss-reactive ketones (excluding diaryl/α,β-unsaturated/α-hetero) is 1. The molecule has 1 amide bonds. The quantitative estimate of drug-likeness (QED) is 0.818. The van der Waals surface area contributed by atoms with Crippen molar-refractivity contribution in [1.82, 2.24) is 9.88 Å². The van der Waals surface area contributed by atoms with E-state index in [1.54, 1.807) is 35.6 Å². The number of aryl methyl sites for hydroxylation is 1. The fourth-order valence-electron chi connectivity index (χ4n) is 3.03. The van der Waals surface area contributed by atoms with Gasteiger partial charge in [0.25, 0.3) is 0 Å². The van der Waals surface area contributed by atoms with Crippen LogP contribution in [0.1, 0.15) is 29.4 Å². The molecule has 1 N–H and O–H groups in total. The van der Waals surface area contributed by atoms with Crippen LogP contribution in [-0.2, 0) is 4.79 Å². The topological polar surface area (TPSA) is 65.5 Å². The number of aromatic nitrogens is 1. The van der Waals surface area contributed by atoms with Crippen molar-refractivity contribution >= 4 is 33.8 Å². The van der Waals surface area contributed by atoms with Crippen molar-refractivity contribution in [2.75, 3.05) is 42.9 Å². The van der Waals surface area contributed by atoms with Gasteiger partial charge in [-0.05, 0) is 32.4 Å². The molecule has 1 saturated heterocycles. The molecule has 0 spiro atoms. The van der Waals surface area contributed by atoms with Crippen LogP contribution in [0.25, 0.3) is 0 Å². The second-order valence-electron chi connectivity index (χ2n) is 6.57. The summed E-state index contributed by atoms with van der Waals surface area (Å²) in [4.78, 5) is 32.9. The summed E-state index contributed by atoms with van der Waals surface area (Å²) in [5.74, 6) is -0.0598. The van der Waals surface area contributed by atoms with Gasteiger partial charge in [0.1, 0.15) is 0 Å². The molecule has 1 fully saturated rings. The Morgan fingerprint density at radius 2 is 2.08 bits per heavy atom. The number of carbonyl (C=O) groups is 2. The van der Waals surface area contributed by atoms with Crippen LogP contribution in [0.2, 0.25) is 0 Å². The van der Waals surface area contributed by atoms with E-state index in [0.717, 1.165) is 43.4 Å². The number of ketones is 1. The van der Waals surface area contributed by atoms with E-state index in [2.05, 4.69) is 25.5 Å². The van der Waals surface area contributed by atoms with Gasteiger partial charge in [-0.15, -0.1) is 11.3 Å². The van der Waals surface area contributed by atoms with E-state index in [1.807, 2.05) is 6.92 Å². The van der Waals surface area contributed by atoms with Crippen molar-refractivity contribution in [2.24, 2.45) is 0 Å². The van der Waals surface area contributed by atoms with Gasteiger partial charge in [-0.1, -0.05) is 12.1 Å². The summed E-state index contributed by atoms with van der Waals surface area (Å²) in [5.41, 5.74) is 2.32. The maximum Gasteiger partial charge on any atom is 0.238 e. The van der Waals surface area contributed by atoms with Crippen molar-refractivity contribution in [1.29, 1.82) is 0 Å². The first-order valence-corrected chi connectivity index (χ1v) is 9.69. The van der Waals surface area contributed by atoms with E-state index >= 15 is 0 Å². The summed E-state index contributed by atoms with van der Waals surface area (Å²) >= 11 is 1.68. The minimum Gasteiger partial charge on any atom is -0.347 e. The minimum absolute atomic E-state index is 0.00821. The highest BCUT2D eigenvalue weighted by Gasteiger charge is 2.19. The highest BCUT2D eigenvalue weighted by molar-refractivity contribution is 7.13. The number of benzene rings is 1. The third-order valence-corrected chi connectivity index (χ3v) is 5.41. The standard InChI is InChI=1S/C19H24N4O2S/c1-14-13-26-19(20-14)23-8-4-7-22(9-10-23)12-18(25)21-17-6-3-5-16(11-17)15(2)24/h3,5-6,11,13H,4,7-10,12H2,1-2H3,(H,21,25).